The summed E-state index contributed by atoms with van der Waals surface area (Å²) >= 11 is 0. The van der Waals surface area contributed by atoms with Crippen LogP contribution in [0.25, 0.3) is 0 Å². The second kappa shape index (κ2) is 9.02. The van der Waals surface area contributed by atoms with Crippen molar-refractivity contribution in [1.29, 1.82) is 0 Å². The number of benzene rings is 2. The number of amides is 3. The zero-order valence-corrected chi connectivity index (χ0v) is 15.8. The van der Waals surface area contributed by atoms with Gasteiger partial charge in [0.15, 0.2) is 0 Å². The third kappa shape index (κ3) is 5.85. The Morgan fingerprint density at radius 3 is 2.10 bits per heavy atom. The molecule has 0 aromatic heterocycles. The van der Waals surface area contributed by atoms with E-state index < -0.39 is 18.2 Å². The summed E-state index contributed by atoms with van der Waals surface area (Å²) in [5.74, 6) is -1.05. The maximum atomic E-state index is 13.0. The monoisotopic (exact) mass is 425 g/mol. The minimum atomic E-state index is -4.78. The molecule has 0 atom stereocenters. The van der Waals surface area contributed by atoms with Gasteiger partial charge in [0.1, 0.15) is 11.6 Å². The van der Waals surface area contributed by atoms with Gasteiger partial charge in [-0.25, -0.2) is 9.18 Å². The fraction of sp³-hybridized carbons (Fsp3) is 0.300. The van der Waals surface area contributed by atoms with Crippen LogP contribution in [0.1, 0.15) is 16.8 Å². The van der Waals surface area contributed by atoms with Crippen LogP contribution in [0.15, 0.2) is 48.5 Å². The largest absolute Gasteiger partial charge is 0.573 e. The Balaban J connectivity index is 1.55. The van der Waals surface area contributed by atoms with Crippen LogP contribution in [0.2, 0.25) is 0 Å². The van der Waals surface area contributed by atoms with E-state index in [1.807, 2.05) is 0 Å². The lowest BCUT2D eigenvalue weighted by atomic mass is 10.2. The number of rotatable bonds is 3. The molecule has 1 heterocycles. The van der Waals surface area contributed by atoms with E-state index in [0.29, 0.717) is 37.3 Å². The molecule has 2 aromatic rings. The van der Waals surface area contributed by atoms with E-state index in [1.165, 1.54) is 41.3 Å². The molecule has 160 valence electrons. The zero-order chi connectivity index (χ0) is 21.7. The van der Waals surface area contributed by atoms with Crippen molar-refractivity contribution in [2.24, 2.45) is 0 Å². The number of hydrogen-bond donors (Lipinski definition) is 1. The Bertz CT molecular complexity index is 886. The first-order valence-corrected chi connectivity index (χ1v) is 9.18. The minimum Gasteiger partial charge on any atom is -0.406 e. The van der Waals surface area contributed by atoms with Crippen LogP contribution in [-0.4, -0.2) is 54.3 Å². The molecule has 2 aromatic carbocycles. The minimum absolute atomic E-state index is 0.238. The van der Waals surface area contributed by atoms with Gasteiger partial charge in [0.2, 0.25) is 0 Å². The molecule has 0 bridgehead atoms. The average molecular weight is 425 g/mol. The van der Waals surface area contributed by atoms with Crippen molar-refractivity contribution in [1.82, 2.24) is 9.80 Å². The van der Waals surface area contributed by atoms with Crippen molar-refractivity contribution >= 4 is 17.6 Å². The van der Waals surface area contributed by atoms with Crippen LogP contribution >= 0.6 is 0 Å². The summed E-state index contributed by atoms with van der Waals surface area (Å²) in [4.78, 5) is 28.2. The van der Waals surface area contributed by atoms with Crippen LogP contribution in [0, 0.1) is 5.82 Å². The first kappa shape index (κ1) is 21.4. The summed E-state index contributed by atoms with van der Waals surface area (Å²) < 4.78 is 53.4. The summed E-state index contributed by atoms with van der Waals surface area (Å²) in [5, 5.41) is 2.62. The molecule has 30 heavy (non-hydrogen) atoms. The van der Waals surface area contributed by atoms with Crippen LogP contribution < -0.4 is 10.1 Å². The molecule has 10 heteroatoms. The van der Waals surface area contributed by atoms with Gasteiger partial charge in [-0.3, -0.25) is 4.79 Å². The number of anilines is 1. The predicted molar refractivity (Wildman–Crippen MR) is 101 cm³/mol. The molecular weight excluding hydrogens is 406 g/mol. The number of alkyl halides is 3. The Labute approximate surface area is 170 Å². The molecule has 1 aliphatic rings. The maximum Gasteiger partial charge on any atom is 0.573 e. The van der Waals surface area contributed by atoms with Crippen molar-refractivity contribution in [3.63, 3.8) is 0 Å². The Kier molecular flexibility index (Phi) is 6.43. The number of urea groups is 1. The number of nitrogens with zero attached hydrogens (tertiary/aromatic N) is 2. The lowest BCUT2D eigenvalue weighted by Gasteiger charge is -2.22. The number of carbonyl (C=O) groups excluding carboxylic acids is 2. The fourth-order valence-corrected chi connectivity index (χ4v) is 3.04. The highest BCUT2D eigenvalue weighted by atomic mass is 19.4. The Hall–Kier alpha value is -3.30. The van der Waals surface area contributed by atoms with Crippen LogP contribution in [0.3, 0.4) is 0 Å². The average Bonchev–Trinajstić information content (AvgIpc) is 2.95. The van der Waals surface area contributed by atoms with Gasteiger partial charge in [0.25, 0.3) is 5.91 Å². The summed E-state index contributed by atoms with van der Waals surface area (Å²) in [6.45, 7) is 1.45. The van der Waals surface area contributed by atoms with Crippen LogP contribution in [0.4, 0.5) is 28.0 Å². The van der Waals surface area contributed by atoms with Crippen molar-refractivity contribution in [2.75, 3.05) is 31.5 Å². The summed E-state index contributed by atoms with van der Waals surface area (Å²) in [5.41, 5.74) is 0.688. The lowest BCUT2D eigenvalue weighted by Crippen LogP contribution is -2.39. The van der Waals surface area contributed by atoms with Crippen molar-refractivity contribution in [3.05, 3.63) is 59.9 Å². The summed E-state index contributed by atoms with van der Waals surface area (Å²) in [7, 11) is 0. The number of halogens is 4. The standard InChI is InChI=1S/C20H19F4N3O3/c21-15-4-2-14(3-5-15)18(28)26-10-1-11-27(13-12-26)19(29)25-16-6-8-17(9-7-16)30-20(22,23)24/h2-9H,1,10-13H2,(H,25,29). The van der Waals surface area contributed by atoms with E-state index in [-0.39, 0.29) is 18.2 Å². The quantitative estimate of drug-likeness (QED) is 0.754. The molecule has 6 nitrogen and oxygen atoms in total. The van der Waals surface area contributed by atoms with Gasteiger partial charge in [-0.05, 0) is 55.0 Å². The SMILES string of the molecule is O=C(Nc1ccc(OC(F)(F)F)cc1)N1CCCN(C(=O)c2ccc(F)cc2)CC1. The molecule has 0 radical (unpaired) electrons. The Morgan fingerprint density at radius 1 is 0.867 bits per heavy atom. The molecule has 3 amide bonds. The molecule has 0 spiro atoms. The molecule has 1 aliphatic heterocycles. The highest BCUT2D eigenvalue weighted by Crippen LogP contribution is 2.24. The Morgan fingerprint density at radius 2 is 1.47 bits per heavy atom. The number of ether oxygens (including phenoxy) is 1. The van der Waals surface area contributed by atoms with Crippen molar-refractivity contribution in [3.8, 4) is 5.75 Å². The first-order chi connectivity index (χ1) is 14.2. The van der Waals surface area contributed by atoms with Crippen molar-refractivity contribution < 1.29 is 31.9 Å². The molecule has 0 aliphatic carbocycles. The van der Waals surface area contributed by atoms with Gasteiger partial charge in [-0.15, -0.1) is 13.2 Å². The maximum absolute atomic E-state index is 13.0. The molecule has 0 saturated carbocycles. The van der Waals surface area contributed by atoms with Gasteiger partial charge >= 0.3 is 12.4 Å². The number of nitrogens with one attached hydrogen (secondary N) is 1. The summed E-state index contributed by atoms with van der Waals surface area (Å²) in [6.07, 6.45) is -4.23. The van der Waals surface area contributed by atoms with Gasteiger partial charge in [-0.2, -0.15) is 0 Å². The van der Waals surface area contributed by atoms with E-state index >= 15 is 0 Å². The number of carbonyl (C=O) groups is 2. The topological polar surface area (TPSA) is 61.9 Å². The lowest BCUT2D eigenvalue weighted by molar-refractivity contribution is -0.274. The van der Waals surface area contributed by atoms with Gasteiger partial charge in [-0.1, -0.05) is 0 Å². The van der Waals surface area contributed by atoms with Gasteiger partial charge < -0.3 is 19.9 Å². The summed E-state index contributed by atoms with van der Waals surface area (Å²) in [6, 6.07) is 9.67. The molecule has 0 unspecified atom stereocenters. The predicted octanol–water partition coefficient (Wildman–Crippen LogP) is 4.10. The smallest absolute Gasteiger partial charge is 0.406 e. The van der Waals surface area contributed by atoms with E-state index in [9.17, 15) is 27.2 Å². The first-order valence-electron chi connectivity index (χ1n) is 9.18. The molecule has 1 N–H and O–H groups in total. The highest BCUT2D eigenvalue weighted by molar-refractivity contribution is 5.94. The highest BCUT2D eigenvalue weighted by Gasteiger charge is 2.31. The third-order valence-electron chi connectivity index (χ3n) is 4.50. The van der Waals surface area contributed by atoms with E-state index in [0.717, 1.165) is 12.1 Å². The second-order valence-electron chi connectivity index (χ2n) is 6.64. The third-order valence-corrected chi connectivity index (χ3v) is 4.50. The number of hydrogen-bond acceptors (Lipinski definition) is 3. The normalized spacial score (nSPS) is 14.8. The van der Waals surface area contributed by atoms with Gasteiger partial charge in [0, 0.05) is 37.4 Å². The molecular formula is C20H19F4N3O3. The van der Waals surface area contributed by atoms with Gasteiger partial charge in [0.05, 0.1) is 0 Å². The molecule has 1 fully saturated rings. The van der Waals surface area contributed by atoms with Crippen molar-refractivity contribution in [2.45, 2.75) is 12.8 Å². The van der Waals surface area contributed by atoms with Crippen LogP contribution in [0.5, 0.6) is 5.75 Å². The second-order valence-corrected chi connectivity index (χ2v) is 6.64. The van der Waals surface area contributed by atoms with Crippen LogP contribution in [-0.2, 0) is 0 Å². The molecule has 3 rings (SSSR count). The van der Waals surface area contributed by atoms with E-state index in [4.69, 9.17) is 0 Å². The molecule has 1 saturated heterocycles. The zero-order valence-electron chi connectivity index (χ0n) is 15.8. The fourth-order valence-electron chi connectivity index (χ4n) is 3.04. The van der Waals surface area contributed by atoms with E-state index in [2.05, 4.69) is 10.1 Å². The van der Waals surface area contributed by atoms with E-state index in [1.54, 1.807) is 4.90 Å².